The van der Waals surface area contributed by atoms with Gasteiger partial charge in [0.05, 0.1) is 6.04 Å². The Morgan fingerprint density at radius 3 is 2.72 bits per heavy atom. The number of aryl methyl sites for hydroxylation is 1. The number of carboxylic acids is 1. The first-order chi connectivity index (χ1) is 13.9. The average molecular weight is 403 g/mol. The van der Waals surface area contributed by atoms with Crippen molar-refractivity contribution in [3.63, 3.8) is 0 Å². The van der Waals surface area contributed by atoms with E-state index in [1.165, 1.54) is 12.8 Å². The standard InChI is InChI=1S/C20H30BN3O5/c1-21-7-6-13-4-5-16(17(18(13)25)20(27)28)29-14-9-24(10-14)11-15(22)19(26)23-8-12-2-3-12/h4-5,12,14-15,21,25H,2-3,6-11,22H2,1H3,(H,23,26)(H,27,28). The number of carbonyl (C=O) groups excluding carboxylic acids is 1. The highest BCUT2D eigenvalue weighted by atomic mass is 16.5. The first-order valence-corrected chi connectivity index (χ1v) is 10.4. The van der Waals surface area contributed by atoms with Crippen molar-refractivity contribution in [2.75, 3.05) is 26.2 Å². The number of carbonyl (C=O) groups is 2. The van der Waals surface area contributed by atoms with Crippen LogP contribution in [0.5, 0.6) is 11.5 Å². The van der Waals surface area contributed by atoms with Crippen LogP contribution in [-0.4, -0.2) is 72.6 Å². The van der Waals surface area contributed by atoms with Crippen LogP contribution in [0.2, 0.25) is 13.1 Å². The molecule has 0 spiro atoms. The zero-order chi connectivity index (χ0) is 21.0. The number of phenols is 1. The van der Waals surface area contributed by atoms with Crippen molar-refractivity contribution >= 4 is 19.2 Å². The van der Waals surface area contributed by atoms with Crippen molar-refractivity contribution in [1.29, 1.82) is 0 Å². The van der Waals surface area contributed by atoms with E-state index in [-0.39, 0.29) is 29.1 Å². The summed E-state index contributed by atoms with van der Waals surface area (Å²) in [5, 5.41) is 22.8. The number of aromatic carboxylic acids is 1. The van der Waals surface area contributed by atoms with Crippen molar-refractivity contribution < 1.29 is 24.5 Å². The molecule has 5 N–H and O–H groups in total. The highest BCUT2D eigenvalue weighted by molar-refractivity contribution is 6.33. The zero-order valence-electron chi connectivity index (χ0n) is 16.9. The third kappa shape index (κ3) is 5.64. The van der Waals surface area contributed by atoms with Crippen LogP contribution >= 0.6 is 0 Å². The fourth-order valence-corrected chi connectivity index (χ4v) is 3.47. The lowest BCUT2D eigenvalue weighted by atomic mass is 9.75. The summed E-state index contributed by atoms with van der Waals surface area (Å²) in [6.45, 7) is 4.29. The predicted octanol–water partition coefficient (Wildman–Crippen LogP) is 0.452. The maximum Gasteiger partial charge on any atom is 0.343 e. The van der Waals surface area contributed by atoms with Gasteiger partial charge in [-0.05, 0) is 36.8 Å². The number of hydrogen-bond acceptors (Lipinski definition) is 6. The third-order valence-corrected chi connectivity index (χ3v) is 5.51. The quantitative estimate of drug-likeness (QED) is 0.396. The summed E-state index contributed by atoms with van der Waals surface area (Å²) >= 11 is 0. The van der Waals surface area contributed by atoms with E-state index in [1.807, 2.05) is 11.7 Å². The molecule has 1 saturated heterocycles. The minimum Gasteiger partial charge on any atom is -0.507 e. The van der Waals surface area contributed by atoms with Crippen LogP contribution in [0.4, 0.5) is 0 Å². The molecule has 1 saturated carbocycles. The van der Waals surface area contributed by atoms with Crippen molar-refractivity contribution in [2.24, 2.45) is 11.7 Å². The first kappa shape index (κ1) is 21.5. The number of rotatable bonds is 11. The summed E-state index contributed by atoms with van der Waals surface area (Å²) in [4.78, 5) is 25.6. The molecule has 1 aliphatic carbocycles. The Morgan fingerprint density at radius 2 is 2.10 bits per heavy atom. The monoisotopic (exact) mass is 403 g/mol. The third-order valence-electron chi connectivity index (χ3n) is 5.51. The van der Waals surface area contributed by atoms with Crippen molar-refractivity contribution in [1.82, 2.24) is 10.2 Å². The van der Waals surface area contributed by atoms with Gasteiger partial charge in [0.2, 0.25) is 5.91 Å². The van der Waals surface area contributed by atoms with Gasteiger partial charge in [-0.25, -0.2) is 4.79 Å². The van der Waals surface area contributed by atoms with E-state index < -0.39 is 12.0 Å². The Hall–Kier alpha value is -2.26. The molecule has 9 heteroatoms. The maximum atomic E-state index is 12.0. The molecule has 1 unspecified atom stereocenters. The predicted molar refractivity (Wildman–Crippen MR) is 111 cm³/mol. The van der Waals surface area contributed by atoms with Gasteiger partial charge < -0.3 is 26.0 Å². The lowest BCUT2D eigenvalue weighted by Crippen LogP contribution is -2.59. The number of nitrogens with one attached hydrogen (secondary N) is 1. The smallest absolute Gasteiger partial charge is 0.343 e. The highest BCUT2D eigenvalue weighted by Crippen LogP contribution is 2.33. The molecule has 1 heterocycles. The van der Waals surface area contributed by atoms with Gasteiger partial charge in [0, 0.05) is 26.2 Å². The molecule has 1 aromatic rings. The van der Waals surface area contributed by atoms with Crippen LogP contribution in [0.15, 0.2) is 12.1 Å². The van der Waals surface area contributed by atoms with Crippen molar-refractivity contribution in [2.45, 2.75) is 44.6 Å². The Bertz CT molecular complexity index is 750. The van der Waals surface area contributed by atoms with Crippen LogP contribution in [0.25, 0.3) is 0 Å². The fraction of sp³-hybridized carbons (Fsp3) is 0.600. The Morgan fingerprint density at radius 1 is 1.38 bits per heavy atom. The number of likely N-dealkylation sites (tertiary alicyclic amines) is 1. The molecular weight excluding hydrogens is 373 g/mol. The average Bonchev–Trinajstić information content (AvgIpc) is 3.47. The van der Waals surface area contributed by atoms with Crippen LogP contribution in [-0.2, 0) is 11.2 Å². The number of amides is 1. The summed E-state index contributed by atoms with van der Waals surface area (Å²) in [5.41, 5.74) is 6.40. The molecule has 0 bridgehead atoms. The van der Waals surface area contributed by atoms with E-state index in [1.54, 1.807) is 12.1 Å². The second-order valence-electron chi connectivity index (χ2n) is 8.11. The highest BCUT2D eigenvalue weighted by Gasteiger charge is 2.33. The van der Waals surface area contributed by atoms with E-state index >= 15 is 0 Å². The van der Waals surface area contributed by atoms with E-state index in [9.17, 15) is 19.8 Å². The van der Waals surface area contributed by atoms with Gasteiger partial charge in [-0.1, -0.05) is 19.2 Å². The van der Waals surface area contributed by atoms with Gasteiger partial charge in [-0.2, -0.15) is 0 Å². The summed E-state index contributed by atoms with van der Waals surface area (Å²) in [7, 11) is 0.957. The SMILES string of the molecule is CBCCc1ccc(OC2CN(CC(N)C(=O)NCC3CC3)C2)c(C(=O)O)c1O. The molecule has 1 aliphatic heterocycles. The van der Waals surface area contributed by atoms with Gasteiger partial charge in [0.1, 0.15) is 30.4 Å². The minimum absolute atomic E-state index is 0.137. The number of nitrogens with zero attached hydrogens (tertiary/aromatic N) is 1. The van der Waals surface area contributed by atoms with Crippen LogP contribution in [0.1, 0.15) is 28.8 Å². The summed E-state index contributed by atoms with van der Waals surface area (Å²) in [5.74, 6) is -0.773. The van der Waals surface area contributed by atoms with Gasteiger partial charge in [0.25, 0.3) is 0 Å². The number of carboxylic acid groups (broad SMARTS) is 1. The molecule has 1 aromatic carbocycles. The zero-order valence-corrected chi connectivity index (χ0v) is 16.9. The molecule has 29 heavy (non-hydrogen) atoms. The van der Waals surface area contributed by atoms with E-state index in [2.05, 4.69) is 5.32 Å². The molecule has 3 rings (SSSR count). The number of aromatic hydroxyl groups is 1. The Labute approximate surface area is 171 Å². The number of nitrogens with two attached hydrogens (primary N) is 1. The molecule has 0 radical (unpaired) electrons. The van der Waals surface area contributed by atoms with E-state index in [4.69, 9.17) is 10.5 Å². The Kier molecular flexibility index (Phi) is 7.02. The largest absolute Gasteiger partial charge is 0.507 e. The van der Waals surface area contributed by atoms with Crippen molar-refractivity contribution in [3.8, 4) is 11.5 Å². The number of hydrogen-bond donors (Lipinski definition) is 4. The molecule has 8 nitrogen and oxygen atoms in total. The number of ether oxygens (including phenoxy) is 1. The molecule has 1 amide bonds. The lowest BCUT2D eigenvalue weighted by molar-refractivity contribution is -0.123. The van der Waals surface area contributed by atoms with Gasteiger partial charge >= 0.3 is 5.97 Å². The second kappa shape index (κ2) is 9.50. The first-order valence-electron chi connectivity index (χ1n) is 10.4. The molecule has 158 valence electrons. The van der Waals surface area contributed by atoms with E-state index in [0.717, 1.165) is 13.6 Å². The maximum absolute atomic E-state index is 12.0. The molecule has 1 atom stereocenters. The molecule has 2 fully saturated rings. The van der Waals surface area contributed by atoms with Crippen LogP contribution in [0, 0.1) is 5.92 Å². The molecular formula is C20H30BN3O5. The fourth-order valence-electron chi connectivity index (χ4n) is 3.47. The van der Waals surface area contributed by atoms with Gasteiger partial charge in [0.15, 0.2) is 0 Å². The van der Waals surface area contributed by atoms with Crippen LogP contribution in [0.3, 0.4) is 0 Å². The van der Waals surface area contributed by atoms with E-state index in [0.29, 0.717) is 44.1 Å². The van der Waals surface area contributed by atoms with Gasteiger partial charge in [-0.3, -0.25) is 9.69 Å². The molecule has 0 aromatic heterocycles. The second-order valence-corrected chi connectivity index (χ2v) is 8.11. The van der Waals surface area contributed by atoms with Crippen molar-refractivity contribution in [3.05, 3.63) is 23.3 Å². The summed E-state index contributed by atoms with van der Waals surface area (Å²) in [6.07, 6.45) is 3.65. The summed E-state index contributed by atoms with van der Waals surface area (Å²) in [6, 6.07) is 2.75. The summed E-state index contributed by atoms with van der Waals surface area (Å²) < 4.78 is 5.82. The molecule has 2 aliphatic rings. The Balaban J connectivity index is 1.50. The minimum atomic E-state index is -1.21. The van der Waals surface area contributed by atoms with Crippen LogP contribution < -0.4 is 15.8 Å². The topological polar surface area (TPSA) is 125 Å². The van der Waals surface area contributed by atoms with Gasteiger partial charge in [-0.15, -0.1) is 0 Å². The lowest BCUT2D eigenvalue weighted by Gasteiger charge is -2.40. The number of benzene rings is 1. The normalized spacial score (nSPS) is 18.0.